The summed E-state index contributed by atoms with van der Waals surface area (Å²) in [6.45, 7) is 10.8. The molecule has 0 bridgehead atoms. The van der Waals surface area contributed by atoms with Gasteiger partial charge in [0, 0.05) is 30.5 Å². The van der Waals surface area contributed by atoms with Crippen molar-refractivity contribution >= 4 is 17.4 Å². The number of aromatic nitrogens is 1. The zero-order valence-electron chi connectivity index (χ0n) is 16.2. The first-order valence-electron chi connectivity index (χ1n) is 9.46. The molecule has 0 atom stereocenters. The second-order valence-electron chi connectivity index (χ2n) is 8.32. The monoisotopic (exact) mass is 351 g/mol. The summed E-state index contributed by atoms with van der Waals surface area (Å²) in [5.74, 6) is 1.58. The summed E-state index contributed by atoms with van der Waals surface area (Å²) in [5.41, 5.74) is 2.62. The van der Waals surface area contributed by atoms with Crippen LogP contribution >= 0.6 is 0 Å². The van der Waals surface area contributed by atoms with Crippen molar-refractivity contribution in [1.82, 2.24) is 4.98 Å². The summed E-state index contributed by atoms with van der Waals surface area (Å²) in [6.07, 6.45) is 4.09. The Morgan fingerprint density at radius 3 is 2.54 bits per heavy atom. The summed E-state index contributed by atoms with van der Waals surface area (Å²) in [6, 6.07) is 11.7. The second kappa shape index (κ2) is 7.48. The van der Waals surface area contributed by atoms with Crippen LogP contribution in [0.5, 0.6) is 0 Å². The summed E-state index contributed by atoms with van der Waals surface area (Å²) in [7, 11) is 0. The van der Waals surface area contributed by atoms with E-state index in [1.807, 2.05) is 24.3 Å². The number of anilines is 2. The van der Waals surface area contributed by atoms with Crippen molar-refractivity contribution in [2.75, 3.05) is 23.3 Å². The number of nitrogens with one attached hydrogen (secondary N) is 1. The van der Waals surface area contributed by atoms with Crippen LogP contribution in [0.3, 0.4) is 0 Å². The fourth-order valence-corrected chi connectivity index (χ4v) is 3.41. The molecule has 1 amide bonds. The predicted octanol–water partition coefficient (Wildman–Crippen LogP) is 4.87. The Morgan fingerprint density at radius 2 is 1.85 bits per heavy atom. The van der Waals surface area contributed by atoms with Gasteiger partial charge in [-0.25, -0.2) is 4.98 Å². The molecule has 4 heteroatoms. The van der Waals surface area contributed by atoms with E-state index in [1.165, 1.54) is 12.8 Å². The maximum atomic E-state index is 12.8. The molecular weight excluding hydrogens is 322 g/mol. The second-order valence-corrected chi connectivity index (χ2v) is 8.32. The third-order valence-electron chi connectivity index (χ3n) is 5.10. The molecular formula is C22H29N3O. The average molecular weight is 351 g/mol. The van der Waals surface area contributed by atoms with Crippen LogP contribution in [0.1, 0.15) is 56.5 Å². The van der Waals surface area contributed by atoms with Crippen LogP contribution in [0.4, 0.5) is 11.5 Å². The normalized spacial score (nSPS) is 15.8. The minimum absolute atomic E-state index is 0.0300. The Morgan fingerprint density at radius 1 is 1.15 bits per heavy atom. The topological polar surface area (TPSA) is 45.2 Å². The van der Waals surface area contributed by atoms with Gasteiger partial charge in [-0.1, -0.05) is 45.9 Å². The van der Waals surface area contributed by atoms with E-state index in [-0.39, 0.29) is 11.3 Å². The first-order valence-corrected chi connectivity index (χ1v) is 9.46. The largest absolute Gasteiger partial charge is 0.357 e. The van der Waals surface area contributed by atoms with Gasteiger partial charge >= 0.3 is 0 Å². The van der Waals surface area contributed by atoms with Crippen molar-refractivity contribution in [2.24, 2.45) is 5.92 Å². The van der Waals surface area contributed by atoms with Crippen molar-refractivity contribution in [3.05, 3.63) is 53.7 Å². The Hall–Kier alpha value is -2.36. The number of rotatable bonds is 3. The molecule has 1 aromatic carbocycles. The van der Waals surface area contributed by atoms with Crippen molar-refractivity contribution in [1.29, 1.82) is 0 Å². The fraction of sp³-hybridized carbons (Fsp3) is 0.455. The molecule has 1 aromatic heterocycles. The Balaban J connectivity index is 1.78. The van der Waals surface area contributed by atoms with Crippen LogP contribution in [0.2, 0.25) is 0 Å². The minimum Gasteiger partial charge on any atom is -0.357 e. The lowest BCUT2D eigenvalue weighted by Gasteiger charge is -2.31. The van der Waals surface area contributed by atoms with Crippen LogP contribution in [0, 0.1) is 5.92 Å². The molecule has 1 aliphatic rings. The molecule has 138 valence electrons. The summed E-state index contributed by atoms with van der Waals surface area (Å²) >= 11 is 0. The van der Waals surface area contributed by atoms with Gasteiger partial charge in [0.1, 0.15) is 5.82 Å². The van der Waals surface area contributed by atoms with E-state index in [4.69, 9.17) is 0 Å². The first kappa shape index (κ1) is 18.4. The van der Waals surface area contributed by atoms with E-state index in [1.54, 1.807) is 12.3 Å². The van der Waals surface area contributed by atoms with E-state index in [0.29, 0.717) is 5.56 Å². The molecule has 2 heterocycles. The number of pyridine rings is 1. The minimum atomic E-state index is -0.0873. The highest BCUT2D eigenvalue weighted by molar-refractivity contribution is 6.05. The Kier molecular flexibility index (Phi) is 5.30. The molecule has 3 rings (SSSR count). The molecule has 1 aliphatic heterocycles. The van der Waals surface area contributed by atoms with Crippen molar-refractivity contribution in [3.8, 4) is 0 Å². The lowest BCUT2D eigenvalue weighted by molar-refractivity contribution is 0.102. The van der Waals surface area contributed by atoms with Crippen LogP contribution in [-0.2, 0) is 5.41 Å². The van der Waals surface area contributed by atoms with Gasteiger partial charge in [0.15, 0.2) is 0 Å². The van der Waals surface area contributed by atoms with Gasteiger partial charge in [0.2, 0.25) is 0 Å². The summed E-state index contributed by atoms with van der Waals surface area (Å²) in [4.78, 5) is 19.6. The first-order chi connectivity index (χ1) is 12.3. The SMILES string of the molecule is CC1CCN(c2cc(C(=O)Nc3ccccc3C(C)(C)C)ccn2)CC1. The highest BCUT2D eigenvalue weighted by Crippen LogP contribution is 2.29. The Bertz CT molecular complexity index is 771. The van der Waals surface area contributed by atoms with Crippen LogP contribution in [-0.4, -0.2) is 24.0 Å². The van der Waals surface area contributed by atoms with E-state index in [2.05, 4.69) is 49.0 Å². The highest BCUT2D eigenvalue weighted by atomic mass is 16.1. The van der Waals surface area contributed by atoms with Gasteiger partial charge in [-0.05, 0) is 47.9 Å². The lowest BCUT2D eigenvalue weighted by atomic mass is 9.86. The molecule has 0 unspecified atom stereocenters. The molecule has 2 aromatic rings. The molecule has 0 radical (unpaired) electrons. The Labute approximate surface area is 156 Å². The van der Waals surface area contributed by atoms with Gasteiger partial charge in [-0.2, -0.15) is 0 Å². The van der Waals surface area contributed by atoms with Crippen LogP contribution < -0.4 is 10.2 Å². The van der Waals surface area contributed by atoms with Crippen molar-refractivity contribution in [2.45, 2.75) is 46.0 Å². The van der Waals surface area contributed by atoms with Crippen molar-refractivity contribution in [3.63, 3.8) is 0 Å². The van der Waals surface area contributed by atoms with Crippen molar-refractivity contribution < 1.29 is 4.79 Å². The van der Waals surface area contributed by atoms with Crippen LogP contribution in [0.15, 0.2) is 42.6 Å². The third kappa shape index (κ3) is 4.24. The molecule has 1 saturated heterocycles. The standard InChI is InChI=1S/C22H29N3O/c1-16-10-13-25(14-11-16)20-15-17(9-12-23-20)21(26)24-19-8-6-5-7-18(19)22(2,3)4/h5-9,12,15-16H,10-11,13-14H2,1-4H3,(H,24,26). The van der Waals surface area contributed by atoms with E-state index in [9.17, 15) is 4.79 Å². The fourth-order valence-electron chi connectivity index (χ4n) is 3.41. The molecule has 4 nitrogen and oxygen atoms in total. The quantitative estimate of drug-likeness (QED) is 0.858. The van der Waals surface area contributed by atoms with Crippen LogP contribution in [0.25, 0.3) is 0 Å². The van der Waals surface area contributed by atoms with E-state index < -0.39 is 0 Å². The smallest absolute Gasteiger partial charge is 0.255 e. The van der Waals surface area contributed by atoms with Gasteiger partial charge in [0.05, 0.1) is 0 Å². The number of hydrogen-bond acceptors (Lipinski definition) is 3. The van der Waals surface area contributed by atoms with E-state index >= 15 is 0 Å². The molecule has 1 fully saturated rings. The van der Waals surface area contributed by atoms with E-state index in [0.717, 1.165) is 36.1 Å². The number of amides is 1. The third-order valence-corrected chi connectivity index (χ3v) is 5.10. The van der Waals surface area contributed by atoms with Gasteiger partial charge in [0.25, 0.3) is 5.91 Å². The number of carbonyl (C=O) groups is 1. The molecule has 0 saturated carbocycles. The number of carbonyl (C=O) groups excluding carboxylic acids is 1. The number of nitrogens with zero attached hydrogens (tertiary/aromatic N) is 2. The lowest BCUT2D eigenvalue weighted by Crippen LogP contribution is -2.33. The zero-order chi connectivity index (χ0) is 18.7. The molecule has 26 heavy (non-hydrogen) atoms. The number of para-hydroxylation sites is 1. The van der Waals surface area contributed by atoms with Gasteiger partial charge in [-0.3, -0.25) is 4.79 Å². The summed E-state index contributed by atoms with van der Waals surface area (Å²) < 4.78 is 0. The highest BCUT2D eigenvalue weighted by Gasteiger charge is 2.20. The number of hydrogen-bond donors (Lipinski definition) is 1. The molecule has 1 N–H and O–H groups in total. The van der Waals surface area contributed by atoms with Gasteiger partial charge < -0.3 is 10.2 Å². The number of piperidine rings is 1. The van der Waals surface area contributed by atoms with Gasteiger partial charge in [-0.15, -0.1) is 0 Å². The predicted molar refractivity (Wildman–Crippen MR) is 108 cm³/mol. The zero-order valence-corrected chi connectivity index (χ0v) is 16.2. The number of benzene rings is 1. The molecule has 0 aliphatic carbocycles. The maximum absolute atomic E-state index is 12.8. The maximum Gasteiger partial charge on any atom is 0.255 e. The molecule has 0 spiro atoms. The summed E-state index contributed by atoms with van der Waals surface area (Å²) in [5, 5.41) is 3.09. The average Bonchev–Trinajstić information content (AvgIpc) is 2.62.